The van der Waals surface area contributed by atoms with Gasteiger partial charge in [0.15, 0.2) is 5.58 Å². The van der Waals surface area contributed by atoms with E-state index in [0.29, 0.717) is 29.0 Å². The Bertz CT molecular complexity index is 1140. The number of anilines is 2. The Labute approximate surface area is 149 Å². The highest BCUT2D eigenvalue weighted by Gasteiger charge is 2.14. The summed E-state index contributed by atoms with van der Waals surface area (Å²) in [6, 6.07) is 11.2. The van der Waals surface area contributed by atoms with Gasteiger partial charge in [0.2, 0.25) is 5.95 Å². The SMILES string of the molecule is CC(C)c1ccc2nc(Nc3nc4cc(C(=O)O)ccc4n3C)oc2c1. The van der Waals surface area contributed by atoms with Gasteiger partial charge in [0, 0.05) is 7.05 Å². The molecule has 0 radical (unpaired) electrons. The molecule has 0 fully saturated rings. The van der Waals surface area contributed by atoms with E-state index < -0.39 is 5.97 Å². The average Bonchev–Trinajstić information content (AvgIpc) is 3.14. The molecule has 0 atom stereocenters. The van der Waals surface area contributed by atoms with Gasteiger partial charge in [-0.25, -0.2) is 9.78 Å². The molecular formula is C19H18N4O3. The molecule has 2 N–H and O–H groups in total. The van der Waals surface area contributed by atoms with E-state index in [1.54, 1.807) is 18.2 Å². The van der Waals surface area contributed by atoms with Crippen LogP contribution in [0.3, 0.4) is 0 Å². The van der Waals surface area contributed by atoms with Crippen LogP contribution in [0.1, 0.15) is 35.7 Å². The van der Waals surface area contributed by atoms with Crippen LogP contribution in [0.4, 0.5) is 12.0 Å². The predicted molar refractivity (Wildman–Crippen MR) is 99.1 cm³/mol. The Balaban J connectivity index is 1.71. The third-order valence-electron chi connectivity index (χ3n) is 4.43. The van der Waals surface area contributed by atoms with Gasteiger partial charge in [-0.3, -0.25) is 5.32 Å². The van der Waals surface area contributed by atoms with Gasteiger partial charge >= 0.3 is 12.0 Å². The number of fused-ring (bicyclic) bond motifs is 2. The average molecular weight is 350 g/mol. The van der Waals surface area contributed by atoms with Gasteiger partial charge < -0.3 is 14.1 Å². The molecule has 0 aliphatic rings. The Hall–Kier alpha value is -3.35. The topological polar surface area (TPSA) is 93.2 Å². The number of rotatable bonds is 4. The molecule has 4 aromatic rings. The van der Waals surface area contributed by atoms with Gasteiger partial charge in [-0.05, 0) is 41.8 Å². The number of imidazole rings is 1. The highest BCUT2D eigenvalue weighted by atomic mass is 16.4. The molecule has 0 spiro atoms. The van der Waals surface area contributed by atoms with Crippen molar-refractivity contribution in [2.75, 3.05) is 5.32 Å². The minimum absolute atomic E-state index is 0.199. The molecule has 0 saturated carbocycles. The van der Waals surface area contributed by atoms with Crippen molar-refractivity contribution in [3.63, 3.8) is 0 Å². The zero-order valence-electron chi connectivity index (χ0n) is 14.6. The number of carbonyl (C=O) groups is 1. The summed E-state index contributed by atoms with van der Waals surface area (Å²) in [6.07, 6.45) is 0. The van der Waals surface area contributed by atoms with Crippen LogP contribution in [0, 0.1) is 0 Å². The second kappa shape index (κ2) is 5.87. The lowest BCUT2D eigenvalue weighted by Gasteiger charge is -2.02. The van der Waals surface area contributed by atoms with Crippen molar-refractivity contribution in [3.8, 4) is 0 Å². The predicted octanol–water partition coefficient (Wildman–Crippen LogP) is 4.28. The second-order valence-electron chi connectivity index (χ2n) is 6.53. The molecule has 0 bridgehead atoms. The Morgan fingerprint density at radius 3 is 2.69 bits per heavy atom. The number of nitrogens with one attached hydrogen (secondary N) is 1. The minimum Gasteiger partial charge on any atom is -0.478 e. The largest absolute Gasteiger partial charge is 0.478 e. The maximum atomic E-state index is 11.1. The van der Waals surface area contributed by atoms with Crippen LogP contribution >= 0.6 is 0 Å². The number of aryl methyl sites for hydroxylation is 1. The van der Waals surface area contributed by atoms with Gasteiger partial charge in [0.1, 0.15) is 5.52 Å². The van der Waals surface area contributed by atoms with Crippen molar-refractivity contribution in [3.05, 3.63) is 47.5 Å². The molecule has 2 aromatic heterocycles. The highest BCUT2D eigenvalue weighted by molar-refractivity contribution is 5.93. The zero-order valence-corrected chi connectivity index (χ0v) is 14.6. The van der Waals surface area contributed by atoms with E-state index in [4.69, 9.17) is 9.52 Å². The minimum atomic E-state index is -0.980. The Morgan fingerprint density at radius 2 is 1.96 bits per heavy atom. The monoisotopic (exact) mass is 350 g/mol. The van der Waals surface area contributed by atoms with Gasteiger partial charge in [-0.15, -0.1) is 0 Å². The van der Waals surface area contributed by atoms with Gasteiger partial charge in [-0.1, -0.05) is 19.9 Å². The van der Waals surface area contributed by atoms with Gasteiger partial charge in [0.25, 0.3) is 0 Å². The number of aromatic nitrogens is 3. The summed E-state index contributed by atoms with van der Waals surface area (Å²) in [5, 5.41) is 12.2. The van der Waals surface area contributed by atoms with Crippen molar-refractivity contribution < 1.29 is 14.3 Å². The number of carboxylic acid groups (broad SMARTS) is 1. The number of oxazole rings is 1. The maximum absolute atomic E-state index is 11.1. The number of hydrogen-bond acceptors (Lipinski definition) is 5. The van der Waals surface area contributed by atoms with Crippen molar-refractivity contribution >= 4 is 40.1 Å². The lowest BCUT2D eigenvalue weighted by atomic mass is 10.0. The van der Waals surface area contributed by atoms with Gasteiger partial charge in [-0.2, -0.15) is 4.98 Å². The van der Waals surface area contributed by atoms with Gasteiger partial charge in [0.05, 0.1) is 16.6 Å². The molecule has 0 aliphatic heterocycles. The number of benzene rings is 2. The molecular weight excluding hydrogens is 332 g/mol. The van der Waals surface area contributed by atoms with Crippen LogP contribution < -0.4 is 5.32 Å². The van der Waals surface area contributed by atoms with Crippen LogP contribution in [0.5, 0.6) is 0 Å². The van der Waals surface area contributed by atoms with E-state index in [1.807, 2.05) is 29.8 Å². The van der Waals surface area contributed by atoms with Crippen molar-refractivity contribution in [1.82, 2.24) is 14.5 Å². The summed E-state index contributed by atoms with van der Waals surface area (Å²) in [7, 11) is 1.84. The lowest BCUT2D eigenvalue weighted by molar-refractivity contribution is 0.0697. The van der Waals surface area contributed by atoms with E-state index in [2.05, 4.69) is 29.1 Å². The molecule has 0 amide bonds. The molecule has 0 aliphatic carbocycles. The second-order valence-corrected chi connectivity index (χ2v) is 6.53. The fourth-order valence-corrected chi connectivity index (χ4v) is 2.89. The van der Waals surface area contributed by atoms with Crippen LogP contribution in [-0.2, 0) is 7.05 Å². The number of carboxylic acids is 1. The molecule has 4 rings (SSSR count). The van der Waals surface area contributed by atoms with Crippen molar-refractivity contribution in [1.29, 1.82) is 0 Å². The fourth-order valence-electron chi connectivity index (χ4n) is 2.89. The third-order valence-corrected chi connectivity index (χ3v) is 4.43. The van der Waals surface area contributed by atoms with Crippen molar-refractivity contribution in [2.24, 2.45) is 7.05 Å². The smallest absolute Gasteiger partial charge is 0.335 e. The van der Waals surface area contributed by atoms with E-state index in [-0.39, 0.29) is 5.56 Å². The normalized spacial score (nSPS) is 11.5. The number of aromatic carboxylic acids is 1. The number of hydrogen-bond donors (Lipinski definition) is 2. The van der Waals surface area contributed by atoms with Crippen LogP contribution in [0.2, 0.25) is 0 Å². The molecule has 2 aromatic carbocycles. The van der Waals surface area contributed by atoms with E-state index in [0.717, 1.165) is 11.0 Å². The molecule has 132 valence electrons. The van der Waals surface area contributed by atoms with E-state index in [1.165, 1.54) is 5.56 Å². The number of nitrogens with zero attached hydrogens (tertiary/aromatic N) is 3. The van der Waals surface area contributed by atoms with Crippen molar-refractivity contribution in [2.45, 2.75) is 19.8 Å². The van der Waals surface area contributed by atoms with E-state index >= 15 is 0 Å². The third kappa shape index (κ3) is 2.67. The zero-order chi connectivity index (χ0) is 18.4. The first-order valence-corrected chi connectivity index (χ1v) is 8.29. The summed E-state index contributed by atoms with van der Waals surface area (Å²) in [6.45, 7) is 4.25. The highest BCUT2D eigenvalue weighted by Crippen LogP contribution is 2.27. The summed E-state index contributed by atoms with van der Waals surface area (Å²) >= 11 is 0. The molecule has 0 saturated heterocycles. The first-order chi connectivity index (χ1) is 12.4. The van der Waals surface area contributed by atoms with Crippen LogP contribution in [0.15, 0.2) is 40.8 Å². The Morgan fingerprint density at radius 1 is 1.15 bits per heavy atom. The maximum Gasteiger partial charge on any atom is 0.335 e. The van der Waals surface area contributed by atoms with Crippen LogP contribution in [-0.4, -0.2) is 25.6 Å². The summed E-state index contributed by atoms with van der Waals surface area (Å²) < 4.78 is 7.63. The Kier molecular flexibility index (Phi) is 3.64. The van der Waals surface area contributed by atoms with Crippen LogP contribution in [0.25, 0.3) is 22.1 Å². The standard InChI is InChI=1S/C19H18N4O3/c1-10(2)11-4-6-13-16(9-11)26-19(21-13)22-18-20-14-8-12(17(24)25)5-7-15(14)23(18)3/h4-10H,1-3H3,(H,24,25)(H,20,21,22). The lowest BCUT2D eigenvalue weighted by Crippen LogP contribution is -1.99. The molecule has 2 heterocycles. The first-order valence-electron chi connectivity index (χ1n) is 8.29. The first kappa shape index (κ1) is 16.1. The summed E-state index contributed by atoms with van der Waals surface area (Å²) in [5.41, 5.74) is 4.27. The molecule has 26 heavy (non-hydrogen) atoms. The fraction of sp³-hybridized carbons (Fsp3) is 0.211. The summed E-state index contributed by atoms with van der Waals surface area (Å²) in [5.74, 6) is -0.0469. The van der Waals surface area contributed by atoms with E-state index in [9.17, 15) is 4.79 Å². The summed E-state index contributed by atoms with van der Waals surface area (Å²) in [4.78, 5) is 20.0. The molecule has 7 nitrogen and oxygen atoms in total. The quantitative estimate of drug-likeness (QED) is 0.570. The molecule has 0 unspecified atom stereocenters. The molecule has 7 heteroatoms.